The molecule has 0 unspecified atom stereocenters. The Morgan fingerprint density at radius 1 is 1.00 bits per heavy atom. The van der Waals surface area contributed by atoms with Crippen molar-refractivity contribution in [1.29, 1.82) is 0 Å². The van der Waals surface area contributed by atoms with Gasteiger partial charge in [-0.2, -0.15) is 0 Å². The van der Waals surface area contributed by atoms with Gasteiger partial charge in [0.1, 0.15) is 5.69 Å². The Bertz CT molecular complexity index is 889. The van der Waals surface area contributed by atoms with E-state index in [9.17, 15) is 4.79 Å². The number of carbonyl (C=O) groups is 1. The molecular formula is C23H25N3O. The molecule has 1 N–H and O–H groups in total. The van der Waals surface area contributed by atoms with Gasteiger partial charge in [-0.3, -0.25) is 4.79 Å². The summed E-state index contributed by atoms with van der Waals surface area (Å²) in [4.78, 5) is 18.6. The van der Waals surface area contributed by atoms with Crippen LogP contribution in [0.2, 0.25) is 0 Å². The normalized spacial score (nSPS) is 10.7. The number of rotatable bonds is 6. The van der Waals surface area contributed by atoms with Gasteiger partial charge < -0.3 is 10.2 Å². The summed E-state index contributed by atoms with van der Waals surface area (Å²) in [5, 5.41) is 3.40. The SMILES string of the molecule is CC(C)c1ccccc1Nc1ccc(C(=O)N(C)Cc2ccccc2)nc1. The molecule has 0 atom stereocenters. The topological polar surface area (TPSA) is 45.2 Å². The van der Waals surface area contributed by atoms with E-state index in [2.05, 4.69) is 36.3 Å². The summed E-state index contributed by atoms with van der Waals surface area (Å²) < 4.78 is 0. The van der Waals surface area contributed by atoms with E-state index in [1.165, 1.54) is 5.56 Å². The number of anilines is 2. The molecule has 0 fully saturated rings. The van der Waals surface area contributed by atoms with Crippen molar-refractivity contribution < 1.29 is 4.79 Å². The first kappa shape index (κ1) is 18.6. The van der Waals surface area contributed by atoms with E-state index < -0.39 is 0 Å². The average Bonchev–Trinajstić information content (AvgIpc) is 2.69. The van der Waals surface area contributed by atoms with Crippen LogP contribution in [0.25, 0.3) is 0 Å². The molecule has 1 amide bonds. The lowest BCUT2D eigenvalue weighted by Gasteiger charge is -2.17. The van der Waals surface area contributed by atoms with Crippen LogP contribution in [0.1, 0.15) is 41.4 Å². The van der Waals surface area contributed by atoms with E-state index in [0.29, 0.717) is 18.2 Å². The van der Waals surface area contributed by atoms with Gasteiger partial charge >= 0.3 is 0 Å². The first-order valence-electron chi connectivity index (χ1n) is 9.16. The molecule has 0 saturated heterocycles. The van der Waals surface area contributed by atoms with Crippen LogP contribution in [0.15, 0.2) is 72.9 Å². The molecule has 0 bridgehead atoms. The molecule has 0 aliphatic carbocycles. The van der Waals surface area contributed by atoms with Crippen molar-refractivity contribution in [3.8, 4) is 0 Å². The predicted molar refractivity (Wildman–Crippen MR) is 110 cm³/mol. The zero-order chi connectivity index (χ0) is 19.2. The molecule has 1 aromatic heterocycles. The molecule has 2 aromatic carbocycles. The van der Waals surface area contributed by atoms with Gasteiger partial charge in [0.15, 0.2) is 0 Å². The van der Waals surface area contributed by atoms with E-state index in [4.69, 9.17) is 0 Å². The molecule has 4 heteroatoms. The third-order valence-electron chi connectivity index (χ3n) is 4.45. The van der Waals surface area contributed by atoms with E-state index in [0.717, 1.165) is 16.9 Å². The first-order valence-corrected chi connectivity index (χ1v) is 9.16. The average molecular weight is 359 g/mol. The molecule has 138 valence electrons. The Kier molecular flexibility index (Phi) is 5.87. The Morgan fingerprint density at radius 2 is 1.70 bits per heavy atom. The van der Waals surface area contributed by atoms with Gasteiger partial charge in [0.05, 0.1) is 11.9 Å². The minimum Gasteiger partial charge on any atom is -0.354 e. The second-order valence-electron chi connectivity index (χ2n) is 6.95. The van der Waals surface area contributed by atoms with Gasteiger partial charge in [-0.1, -0.05) is 62.4 Å². The first-order chi connectivity index (χ1) is 13.0. The predicted octanol–water partition coefficient (Wildman–Crippen LogP) is 5.22. The smallest absolute Gasteiger partial charge is 0.272 e. The summed E-state index contributed by atoms with van der Waals surface area (Å²) in [6, 6.07) is 21.8. The standard InChI is InChI=1S/C23H25N3O/c1-17(2)20-11-7-8-12-21(20)25-19-13-14-22(24-15-19)23(27)26(3)16-18-9-5-4-6-10-18/h4-15,17,25H,16H2,1-3H3. The number of hydrogen-bond donors (Lipinski definition) is 1. The zero-order valence-electron chi connectivity index (χ0n) is 16.0. The summed E-state index contributed by atoms with van der Waals surface area (Å²) >= 11 is 0. The minimum atomic E-state index is -0.0898. The molecule has 1 heterocycles. The lowest BCUT2D eigenvalue weighted by Crippen LogP contribution is -2.26. The molecule has 0 aliphatic rings. The second-order valence-corrected chi connectivity index (χ2v) is 6.95. The largest absolute Gasteiger partial charge is 0.354 e. The molecule has 3 rings (SSSR count). The minimum absolute atomic E-state index is 0.0898. The van der Waals surface area contributed by atoms with Crippen LogP contribution in [0, 0.1) is 0 Å². The fourth-order valence-corrected chi connectivity index (χ4v) is 2.99. The van der Waals surface area contributed by atoms with Crippen molar-refractivity contribution in [3.05, 3.63) is 89.7 Å². The van der Waals surface area contributed by atoms with Crippen LogP contribution >= 0.6 is 0 Å². The summed E-state index contributed by atoms with van der Waals surface area (Å²) in [5.41, 5.74) is 4.72. The summed E-state index contributed by atoms with van der Waals surface area (Å²) in [5.74, 6) is 0.335. The van der Waals surface area contributed by atoms with E-state index in [-0.39, 0.29) is 5.91 Å². The third-order valence-corrected chi connectivity index (χ3v) is 4.45. The van der Waals surface area contributed by atoms with Gasteiger partial charge in [0.25, 0.3) is 5.91 Å². The van der Waals surface area contributed by atoms with Crippen molar-refractivity contribution >= 4 is 17.3 Å². The van der Waals surface area contributed by atoms with Crippen LogP contribution in [-0.4, -0.2) is 22.8 Å². The molecular weight excluding hydrogens is 334 g/mol. The van der Waals surface area contributed by atoms with E-state index in [1.807, 2.05) is 48.5 Å². The lowest BCUT2D eigenvalue weighted by atomic mass is 10.0. The van der Waals surface area contributed by atoms with Gasteiger partial charge in [0.2, 0.25) is 0 Å². The van der Waals surface area contributed by atoms with Gasteiger partial charge in [0, 0.05) is 19.3 Å². The number of carbonyl (C=O) groups excluding carboxylic acids is 1. The number of amides is 1. The summed E-state index contributed by atoms with van der Waals surface area (Å²) in [6.45, 7) is 4.90. The van der Waals surface area contributed by atoms with Crippen LogP contribution in [0.4, 0.5) is 11.4 Å². The molecule has 27 heavy (non-hydrogen) atoms. The maximum Gasteiger partial charge on any atom is 0.272 e. The Morgan fingerprint density at radius 3 is 2.37 bits per heavy atom. The highest BCUT2D eigenvalue weighted by molar-refractivity contribution is 5.92. The van der Waals surface area contributed by atoms with Crippen molar-refractivity contribution in [3.63, 3.8) is 0 Å². The maximum atomic E-state index is 12.6. The number of pyridine rings is 1. The highest BCUT2D eigenvalue weighted by Crippen LogP contribution is 2.26. The van der Waals surface area contributed by atoms with Crippen LogP contribution in [0.3, 0.4) is 0 Å². The van der Waals surface area contributed by atoms with Crippen molar-refractivity contribution in [2.24, 2.45) is 0 Å². The molecule has 0 saturated carbocycles. The Labute approximate surface area is 160 Å². The van der Waals surface area contributed by atoms with Gasteiger partial charge in [-0.25, -0.2) is 4.98 Å². The number of nitrogens with one attached hydrogen (secondary N) is 1. The Hall–Kier alpha value is -3.14. The van der Waals surface area contributed by atoms with Crippen LogP contribution < -0.4 is 5.32 Å². The number of benzene rings is 2. The number of aromatic nitrogens is 1. The number of hydrogen-bond acceptors (Lipinski definition) is 3. The highest BCUT2D eigenvalue weighted by atomic mass is 16.2. The van der Waals surface area contributed by atoms with E-state index >= 15 is 0 Å². The van der Waals surface area contributed by atoms with E-state index in [1.54, 1.807) is 24.2 Å². The molecule has 4 nitrogen and oxygen atoms in total. The summed E-state index contributed by atoms with van der Waals surface area (Å²) in [6.07, 6.45) is 1.71. The fourth-order valence-electron chi connectivity index (χ4n) is 2.99. The fraction of sp³-hybridized carbons (Fsp3) is 0.217. The number of nitrogens with zero attached hydrogens (tertiary/aromatic N) is 2. The van der Waals surface area contributed by atoms with Crippen molar-refractivity contribution in [2.45, 2.75) is 26.3 Å². The zero-order valence-corrected chi connectivity index (χ0v) is 16.0. The molecule has 0 spiro atoms. The van der Waals surface area contributed by atoms with Crippen molar-refractivity contribution in [2.75, 3.05) is 12.4 Å². The maximum absolute atomic E-state index is 12.6. The van der Waals surface area contributed by atoms with Crippen LogP contribution in [0.5, 0.6) is 0 Å². The lowest BCUT2D eigenvalue weighted by molar-refractivity contribution is 0.0779. The summed E-state index contributed by atoms with van der Waals surface area (Å²) in [7, 11) is 1.79. The molecule has 3 aromatic rings. The van der Waals surface area contributed by atoms with Gasteiger partial charge in [-0.05, 0) is 35.2 Å². The third kappa shape index (κ3) is 4.73. The van der Waals surface area contributed by atoms with Crippen LogP contribution in [-0.2, 0) is 6.54 Å². The molecule has 0 aliphatic heterocycles. The second kappa shape index (κ2) is 8.49. The monoisotopic (exact) mass is 359 g/mol. The number of para-hydroxylation sites is 1. The quantitative estimate of drug-likeness (QED) is 0.656. The molecule has 0 radical (unpaired) electrons. The Balaban J connectivity index is 1.69. The highest BCUT2D eigenvalue weighted by Gasteiger charge is 2.14. The van der Waals surface area contributed by atoms with Crippen molar-refractivity contribution in [1.82, 2.24) is 9.88 Å². The van der Waals surface area contributed by atoms with Gasteiger partial charge in [-0.15, -0.1) is 0 Å².